The van der Waals surface area contributed by atoms with E-state index < -0.39 is 0 Å². The number of aromatic nitrogens is 3. The normalized spacial score (nSPS) is 11.7. The predicted molar refractivity (Wildman–Crippen MR) is 227 cm³/mol. The number of nitrogens with zero attached hydrogens (tertiary/aromatic N) is 3. The molecule has 0 atom stereocenters. The zero-order chi connectivity index (χ0) is 35.6. The van der Waals surface area contributed by atoms with Crippen LogP contribution >= 0.6 is 0 Å². The monoisotopic (exact) mass is 685 g/mol. The first-order valence-corrected chi connectivity index (χ1v) is 18.4. The van der Waals surface area contributed by atoms with E-state index in [1.54, 1.807) is 0 Å². The summed E-state index contributed by atoms with van der Waals surface area (Å²) in [5, 5.41) is 14.8. The highest BCUT2D eigenvalue weighted by molar-refractivity contribution is 6.33. The van der Waals surface area contributed by atoms with E-state index in [9.17, 15) is 0 Å². The second-order valence-electron chi connectivity index (χ2n) is 14.0. The minimum Gasteiger partial charge on any atom is -0.208 e. The van der Waals surface area contributed by atoms with Gasteiger partial charge in [0.15, 0.2) is 17.5 Å². The van der Waals surface area contributed by atoms with Crippen LogP contribution in [0.3, 0.4) is 0 Å². The van der Waals surface area contributed by atoms with Gasteiger partial charge in [-0.1, -0.05) is 170 Å². The SMILES string of the molecule is c1ccc2cc(-c3nc(-c4ccc(-c5cc6c7ccccc7c7ccccc7c6c6ccccc56)cc4)nc(-c4ccc5ccccc5c4)n3)ccc2c1. The highest BCUT2D eigenvalue weighted by Crippen LogP contribution is 2.43. The van der Waals surface area contributed by atoms with Crippen LogP contribution in [0.15, 0.2) is 188 Å². The zero-order valence-corrected chi connectivity index (χ0v) is 29.2. The van der Waals surface area contributed by atoms with Gasteiger partial charge in [0.25, 0.3) is 0 Å². The molecule has 1 aromatic heterocycles. The number of fused-ring (bicyclic) bond motifs is 10. The van der Waals surface area contributed by atoms with E-state index in [0.717, 1.165) is 33.0 Å². The third kappa shape index (κ3) is 4.94. The highest BCUT2D eigenvalue weighted by atomic mass is 15.0. The van der Waals surface area contributed by atoms with Crippen molar-refractivity contribution in [2.45, 2.75) is 0 Å². The molecule has 0 N–H and O–H groups in total. The molecule has 0 fully saturated rings. The summed E-state index contributed by atoms with van der Waals surface area (Å²) in [6.45, 7) is 0. The Balaban J connectivity index is 1.08. The summed E-state index contributed by atoms with van der Waals surface area (Å²) in [4.78, 5) is 15.3. The summed E-state index contributed by atoms with van der Waals surface area (Å²) in [5.74, 6) is 1.94. The Bertz CT molecular complexity index is 3180. The fraction of sp³-hybridized carbons (Fsp3) is 0. The number of benzene rings is 10. The quantitative estimate of drug-likeness (QED) is 0.173. The van der Waals surface area contributed by atoms with Crippen molar-refractivity contribution in [2.75, 3.05) is 0 Å². The number of hydrogen-bond donors (Lipinski definition) is 0. The molecule has 3 nitrogen and oxygen atoms in total. The number of rotatable bonds is 4. The molecule has 0 aliphatic rings. The molecule has 0 saturated carbocycles. The lowest BCUT2D eigenvalue weighted by molar-refractivity contribution is 1.08. The van der Waals surface area contributed by atoms with Crippen molar-refractivity contribution in [2.24, 2.45) is 0 Å². The first kappa shape index (κ1) is 30.4. The second kappa shape index (κ2) is 12.2. The summed E-state index contributed by atoms with van der Waals surface area (Å²) in [7, 11) is 0. The van der Waals surface area contributed by atoms with E-state index in [0.29, 0.717) is 17.5 Å². The Morgan fingerprint density at radius 1 is 0.241 bits per heavy atom. The van der Waals surface area contributed by atoms with Gasteiger partial charge < -0.3 is 0 Å². The third-order valence-corrected chi connectivity index (χ3v) is 10.9. The number of hydrogen-bond acceptors (Lipinski definition) is 3. The molecular weight excluding hydrogens is 655 g/mol. The topological polar surface area (TPSA) is 38.7 Å². The maximum atomic E-state index is 5.10. The first-order valence-electron chi connectivity index (χ1n) is 18.4. The lowest BCUT2D eigenvalue weighted by atomic mass is 9.87. The van der Waals surface area contributed by atoms with Crippen molar-refractivity contribution < 1.29 is 0 Å². The van der Waals surface area contributed by atoms with Crippen LogP contribution in [0, 0.1) is 0 Å². The van der Waals surface area contributed by atoms with Crippen molar-refractivity contribution in [3.8, 4) is 45.3 Å². The van der Waals surface area contributed by atoms with Crippen molar-refractivity contribution in [1.29, 1.82) is 0 Å². The summed E-state index contributed by atoms with van der Waals surface area (Å²) >= 11 is 0. The van der Waals surface area contributed by atoms with Crippen LogP contribution in [-0.2, 0) is 0 Å². The lowest BCUT2D eigenvalue weighted by Gasteiger charge is -2.16. The highest BCUT2D eigenvalue weighted by Gasteiger charge is 2.17. The fourth-order valence-corrected chi connectivity index (χ4v) is 8.22. The lowest BCUT2D eigenvalue weighted by Crippen LogP contribution is -2.00. The largest absolute Gasteiger partial charge is 0.208 e. The van der Waals surface area contributed by atoms with Crippen LogP contribution in [0.1, 0.15) is 0 Å². The molecule has 0 bridgehead atoms. The Morgan fingerprint density at radius 3 is 1.17 bits per heavy atom. The van der Waals surface area contributed by atoms with Gasteiger partial charge in [-0.15, -0.1) is 0 Å². The van der Waals surface area contributed by atoms with Crippen molar-refractivity contribution in [3.63, 3.8) is 0 Å². The van der Waals surface area contributed by atoms with Crippen LogP contribution in [0.2, 0.25) is 0 Å². The molecule has 0 saturated heterocycles. The zero-order valence-electron chi connectivity index (χ0n) is 29.2. The Labute approximate surface area is 311 Å². The van der Waals surface area contributed by atoms with Gasteiger partial charge in [-0.3, -0.25) is 0 Å². The Kier molecular flexibility index (Phi) is 6.86. The van der Waals surface area contributed by atoms with Crippen LogP contribution < -0.4 is 0 Å². The fourth-order valence-electron chi connectivity index (χ4n) is 8.22. The predicted octanol–water partition coefficient (Wildman–Crippen LogP) is 13.5. The third-order valence-electron chi connectivity index (χ3n) is 10.9. The molecule has 250 valence electrons. The van der Waals surface area contributed by atoms with Crippen molar-refractivity contribution in [1.82, 2.24) is 15.0 Å². The van der Waals surface area contributed by atoms with Crippen molar-refractivity contribution >= 4 is 64.6 Å². The van der Waals surface area contributed by atoms with E-state index in [1.807, 2.05) is 0 Å². The van der Waals surface area contributed by atoms with Gasteiger partial charge in [-0.2, -0.15) is 0 Å². The van der Waals surface area contributed by atoms with Gasteiger partial charge in [0.2, 0.25) is 0 Å². The van der Waals surface area contributed by atoms with Crippen LogP contribution in [0.4, 0.5) is 0 Å². The molecule has 54 heavy (non-hydrogen) atoms. The van der Waals surface area contributed by atoms with Gasteiger partial charge >= 0.3 is 0 Å². The molecule has 0 aliphatic heterocycles. The van der Waals surface area contributed by atoms with Crippen LogP contribution in [-0.4, -0.2) is 15.0 Å². The summed E-state index contributed by atoms with van der Waals surface area (Å²) < 4.78 is 0. The molecule has 11 rings (SSSR count). The van der Waals surface area contributed by atoms with E-state index in [4.69, 9.17) is 15.0 Å². The van der Waals surface area contributed by atoms with Gasteiger partial charge in [-0.25, -0.2) is 15.0 Å². The molecule has 0 amide bonds. The Morgan fingerprint density at radius 2 is 0.611 bits per heavy atom. The van der Waals surface area contributed by atoms with Gasteiger partial charge in [0.05, 0.1) is 0 Å². The average Bonchev–Trinajstić information content (AvgIpc) is 3.25. The minimum atomic E-state index is 0.642. The summed E-state index contributed by atoms with van der Waals surface area (Å²) in [5.41, 5.74) is 5.20. The summed E-state index contributed by atoms with van der Waals surface area (Å²) in [6.07, 6.45) is 0. The molecule has 11 aromatic rings. The van der Waals surface area contributed by atoms with E-state index in [2.05, 4.69) is 188 Å². The molecule has 0 aliphatic carbocycles. The maximum absolute atomic E-state index is 5.10. The first-order chi connectivity index (χ1) is 26.7. The Hall–Kier alpha value is -7.23. The second-order valence-corrected chi connectivity index (χ2v) is 14.0. The molecule has 0 unspecified atom stereocenters. The van der Waals surface area contributed by atoms with Gasteiger partial charge in [0.1, 0.15) is 0 Å². The summed E-state index contributed by atoms with van der Waals surface area (Å²) in [6, 6.07) is 67.1. The van der Waals surface area contributed by atoms with Gasteiger partial charge in [-0.05, 0) is 94.0 Å². The van der Waals surface area contributed by atoms with Crippen molar-refractivity contribution in [3.05, 3.63) is 188 Å². The van der Waals surface area contributed by atoms with Crippen LogP contribution in [0.25, 0.3) is 110 Å². The molecule has 3 heteroatoms. The van der Waals surface area contributed by atoms with E-state index in [-0.39, 0.29) is 0 Å². The van der Waals surface area contributed by atoms with Crippen LogP contribution in [0.5, 0.6) is 0 Å². The average molecular weight is 686 g/mol. The van der Waals surface area contributed by atoms with E-state index >= 15 is 0 Å². The van der Waals surface area contributed by atoms with E-state index in [1.165, 1.54) is 59.4 Å². The smallest absolute Gasteiger partial charge is 0.164 e. The molecule has 0 radical (unpaired) electrons. The molecule has 10 aromatic carbocycles. The molecule has 0 spiro atoms. The maximum Gasteiger partial charge on any atom is 0.164 e. The minimum absolute atomic E-state index is 0.642. The molecular formula is C51H31N3. The standard InChI is InChI=1S/C51H31N3/c1-3-13-36-29-38(27-21-32(36)11-1)50-52-49(53-51(54-50)39-28-22-33-12-2-4-14-37(33)30-39)35-25-23-34(24-26-35)46-31-47-42-17-6-5-15-40(42)41-16-7-9-19-44(41)48(47)45-20-10-8-18-43(45)46/h1-31H. The van der Waals surface area contributed by atoms with Gasteiger partial charge in [0, 0.05) is 16.7 Å². The molecule has 1 heterocycles.